The van der Waals surface area contributed by atoms with Gasteiger partial charge in [-0.25, -0.2) is 4.98 Å². The Balaban J connectivity index is 1.78. The zero-order chi connectivity index (χ0) is 15.0. The van der Waals surface area contributed by atoms with E-state index in [-0.39, 0.29) is 0 Å². The van der Waals surface area contributed by atoms with Crippen molar-refractivity contribution >= 4 is 0 Å². The molecule has 2 aromatic rings. The van der Waals surface area contributed by atoms with Crippen molar-refractivity contribution in [1.29, 1.82) is 0 Å². The summed E-state index contributed by atoms with van der Waals surface area (Å²) in [7, 11) is 0. The Morgan fingerprint density at radius 2 is 1.95 bits per heavy atom. The maximum Gasteiger partial charge on any atom is 0.416 e. The van der Waals surface area contributed by atoms with Crippen molar-refractivity contribution in [3.63, 3.8) is 0 Å². The van der Waals surface area contributed by atoms with Crippen LogP contribution in [0.5, 0.6) is 0 Å². The number of aliphatic hydroxyl groups is 1. The molecular weight excluding hydrogens is 281 g/mol. The normalized spacial score (nSPS) is 18.6. The molecule has 1 atom stereocenters. The minimum Gasteiger partial charge on any atom is -0.385 e. The van der Waals surface area contributed by atoms with E-state index in [4.69, 9.17) is 0 Å². The summed E-state index contributed by atoms with van der Waals surface area (Å²) in [5, 5.41) is 9.86. The zero-order valence-electron chi connectivity index (χ0n) is 11.3. The fraction of sp³-hybridized carbons (Fsp3) is 0.400. The van der Waals surface area contributed by atoms with Crippen molar-refractivity contribution in [3.8, 4) is 0 Å². The number of fused-ring (bicyclic) bond motifs is 1. The van der Waals surface area contributed by atoms with Gasteiger partial charge in [0.05, 0.1) is 11.3 Å². The van der Waals surface area contributed by atoms with Crippen molar-refractivity contribution in [3.05, 3.63) is 53.1 Å². The standard InChI is InChI=1S/C15H15F3N2O/c16-15(17,18)11-5-3-10(4-6-11)8-12-9-20-7-1-2-13(21)14(20)19-12/h3-6,9,13,21H,1-2,7-8H2. The van der Waals surface area contributed by atoms with Gasteiger partial charge in [-0.1, -0.05) is 12.1 Å². The fourth-order valence-corrected chi connectivity index (χ4v) is 2.62. The molecule has 1 N–H and O–H groups in total. The van der Waals surface area contributed by atoms with E-state index in [0.29, 0.717) is 18.7 Å². The summed E-state index contributed by atoms with van der Waals surface area (Å²) in [4.78, 5) is 4.39. The van der Waals surface area contributed by atoms with Gasteiger partial charge >= 0.3 is 6.18 Å². The molecule has 0 aliphatic carbocycles. The largest absolute Gasteiger partial charge is 0.416 e. The Bertz CT molecular complexity index is 631. The quantitative estimate of drug-likeness (QED) is 0.923. The van der Waals surface area contributed by atoms with Crippen LogP contribution in [0.2, 0.25) is 0 Å². The van der Waals surface area contributed by atoms with Crippen LogP contribution in [0.4, 0.5) is 13.2 Å². The van der Waals surface area contributed by atoms with Crippen LogP contribution < -0.4 is 0 Å². The van der Waals surface area contributed by atoms with E-state index in [1.807, 2.05) is 10.8 Å². The van der Waals surface area contributed by atoms with Gasteiger partial charge in [0, 0.05) is 19.2 Å². The molecule has 0 saturated heterocycles. The second-order valence-electron chi connectivity index (χ2n) is 5.31. The summed E-state index contributed by atoms with van der Waals surface area (Å²) in [5.74, 6) is 0.656. The van der Waals surface area contributed by atoms with Gasteiger partial charge in [-0.15, -0.1) is 0 Å². The molecule has 0 spiro atoms. The first-order valence-electron chi connectivity index (χ1n) is 6.83. The number of imidazole rings is 1. The lowest BCUT2D eigenvalue weighted by atomic mass is 10.1. The SMILES string of the molecule is OC1CCCn2cc(Cc3ccc(C(F)(F)F)cc3)nc21. The van der Waals surface area contributed by atoms with Crippen molar-refractivity contribution in [1.82, 2.24) is 9.55 Å². The van der Waals surface area contributed by atoms with Crippen LogP contribution in [0.25, 0.3) is 0 Å². The average molecular weight is 296 g/mol. The number of rotatable bonds is 2. The van der Waals surface area contributed by atoms with Crippen LogP contribution in [0.3, 0.4) is 0 Å². The summed E-state index contributed by atoms with van der Waals surface area (Å²) in [6.07, 6.45) is -0.905. The van der Waals surface area contributed by atoms with Crippen molar-refractivity contribution in [2.75, 3.05) is 0 Å². The highest BCUT2D eigenvalue weighted by atomic mass is 19.4. The molecule has 1 aromatic carbocycles. The van der Waals surface area contributed by atoms with Gasteiger partial charge in [0.25, 0.3) is 0 Å². The molecule has 21 heavy (non-hydrogen) atoms. The van der Waals surface area contributed by atoms with Crippen LogP contribution >= 0.6 is 0 Å². The Hall–Kier alpha value is -1.82. The Kier molecular flexibility index (Phi) is 3.49. The highest BCUT2D eigenvalue weighted by Crippen LogP contribution is 2.29. The number of aromatic nitrogens is 2. The third-order valence-electron chi connectivity index (χ3n) is 3.70. The highest BCUT2D eigenvalue weighted by Gasteiger charge is 2.30. The summed E-state index contributed by atoms with van der Waals surface area (Å²) in [5.41, 5.74) is 0.893. The van der Waals surface area contributed by atoms with Gasteiger partial charge in [0.2, 0.25) is 0 Å². The summed E-state index contributed by atoms with van der Waals surface area (Å²) < 4.78 is 39.4. The minimum absolute atomic E-state index is 0.463. The van der Waals surface area contributed by atoms with E-state index in [1.54, 1.807) is 0 Å². The Morgan fingerprint density at radius 1 is 1.24 bits per heavy atom. The third-order valence-corrected chi connectivity index (χ3v) is 3.70. The predicted octanol–water partition coefficient (Wildman–Crippen LogP) is 3.32. The van der Waals surface area contributed by atoms with Crippen molar-refractivity contribution < 1.29 is 18.3 Å². The van der Waals surface area contributed by atoms with E-state index in [0.717, 1.165) is 36.4 Å². The number of benzene rings is 1. The second kappa shape index (κ2) is 5.18. The molecule has 0 saturated carbocycles. The first kappa shape index (κ1) is 14.1. The first-order chi connectivity index (χ1) is 9.93. The van der Waals surface area contributed by atoms with Gasteiger partial charge in [-0.05, 0) is 30.5 Å². The molecule has 6 heteroatoms. The zero-order valence-corrected chi connectivity index (χ0v) is 11.3. The van der Waals surface area contributed by atoms with E-state index in [2.05, 4.69) is 4.98 Å². The van der Waals surface area contributed by atoms with Crippen LogP contribution in [0.1, 0.15) is 41.6 Å². The molecule has 0 fully saturated rings. The highest BCUT2D eigenvalue weighted by molar-refractivity contribution is 5.27. The Morgan fingerprint density at radius 3 is 2.57 bits per heavy atom. The van der Waals surface area contributed by atoms with E-state index in [1.165, 1.54) is 12.1 Å². The van der Waals surface area contributed by atoms with Crippen LogP contribution in [0.15, 0.2) is 30.5 Å². The second-order valence-corrected chi connectivity index (χ2v) is 5.31. The minimum atomic E-state index is -4.31. The summed E-state index contributed by atoms with van der Waals surface area (Å²) in [6, 6.07) is 5.11. The molecule has 1 aliphatic rings. The molecule has 112 valence electrons. The lowest BCUT2D eigenvalue weighted by molar-refractivity contribution is -0.137. The number of nitrogens with zero attached hydrogens (tertiary/aromatic N) is 2. The maximum absolute atomic E-state index is 12.5. The maximum atomic E-state index is 12.5. The molecule has 3 nitrogen and oxygen atoms in total. The van der Waals surface area contributed by atoms with E-state index in [9.17, 15) is 18.3 Å². The summed E-state index contributed by atoms with van der Waals surface area (Å²) >= 11 is 0. The number of halogens is 3. The van der Waals surface area contributed by atoms with Gasteiger partial charge in [0.1, 0.15) is 11.9 Å². The lowest BCUT2D eigenvalue weighted by Gasteiger charge is -2.18. The van der Waals surface area contributed by atoms with E-state index < -0.39 is 17.8 Å². The molecule has 0 amide bonds. The molecule has 0 radical (unpaired) electrons. The molecular formula is C15H15F3N2O. The van der Waals surface area contributed by atoms with Crippen molar-refractivity contribution in [2.24, 2.45) is 0 Å². The van der Waals surface area contributed by atoms with Crippen LogP contribution in [0, 0.1) is 0 Å². The number of hydrogen-bond acceptors (Lipinski definition) is 2. The lowest BCUT2D eigenvalue weighted by Crippen LogP contribution is -2.14. The number of aryl methyl sites for hydroxylation is 1. The van der Waals surface area contributed by atoms with Crippen LogP contribution in [-0.2, 0) is 19.1 Å². The van der Waals surface area contributed by atoms with Gasteiger partial charge < -0.3 is 9.67 Å². The van der Waals surface area contributed by atoms with E-state index >= 15 is 0 Å². The monoisotopic (exact) mass is 296 g/mol. The Labute approximate surface area is 120 Å². The topological polar surface area (TPSA) is 38.0 Å². The molecule has 1 aromatic heterocycles. The predicted molar refractivity (Wildman–Crippen MR) is 70.7 cm³/mol. The number of aliphatic hydroxyl groups excluding tert-OH is 1. The first-order valence-corrected chi connectivity index (χ1v) is 6.83. The smallest absolute Gasteiger partial charge is 0.385 e. The van der Waals surface area contributed by atoms with Gasteiger partial charge in [0.15, 0.2) is 0 Å². The number of hydrogen-bond donors (Lipinski definition) is 1. The molecule has 3 rings (SSSR count). The molecule has 1 aliphatic heterocycles. The van der Waals surface area contributed by atoms with Gasteiger partial charge in [-0.2, -0.15) is 13.2 Å². The summed E-state index contributed by atoms with van der Waals surface area (Å²) in [6.45, 7) is 0.826. The third kappa shape index (κ3) is 2.95. The molecule has 0 bridgehead atoms. The van der Waals surface area contributed by atoms with Gasteiger partial charge in [-0.3, -0.25) is 0 Å². The number of alkyl halides is 3. The van der Waals surface area contributed by atoms with Crippen LogP contribution in [-0.4, -0.2) is 14.7 Å². The molecule has 1 unspecified atom stereocenters. The average Bonchev–Trinajstić information content (AvgIpc) is 2.82. The fourth-order valence-electron chi connectivity index (χ4n) is 2.62. The van der Waals surface area contributed by atoms with Crippen molar-refractivity contribution in [2.45, 2.75) is 38.1 Å². The molecule has 2 heterocycles.